The molecule has 57 heavy (non-hydrogen) atoms. The number of aryl methyl sites for hydroxylation is 2. The zero-order valence-corrected chi connectivity index (χ0v) is 40.0. The minimum Gasteiger partial charge on any atom is -0.494 e. The van der Waals surface area contributed by atoms with Crippen LogP contribution in [0.3, 0.4) is 0 Å². The Morgan fingerprint density at radius 2 is 0.947 bits per heavy atom. The molecule has 3 aliphatic heterocycles. The number of piperidine rings is 1. The van der Waals surface area contributed by atoms with Gasteiger partial charge in [-0.25, -0.2) is 0 Å². The summed E-state index contributed by atoms with van der Waals surface area (Å²) >= 11 is 0. The quantitative estimate of drug-likeness (QED) is 0.190. The zero-order valence-electron chi connectivity index (χ0n) is 40.0. The molecule has 0 bridgehead atoms. The first-order valence-corrected chi connectivity index (χ1v) is 23.3. The molecule has 6 rings (SSSR count). The lowest BCUT2D eigenvalue weighted by Crippen LogP contribution is -2.44. The average Bonchev–Trinajstić information content (AvgIpc) is 3.29. The highest BCUT2D eigenvalue weighted by atomic mass is 16.5. The lowest BCUT2D eigenvalue weighted by Gasteiger charge is -2.33. The van der Waals surface area contributed by atoms with Gasteiger partial charge in [0.2, 0.25) is 0 Å². The van der Waals surface area contributed by atoms with Gasteiger partial charge in [0.25, 0.3) is 0 Å². The van der Waals surface area contributed by atoms with Crippen LogP contribution in [0.4, 0.5) is 5.69 Å². The van der Waals surface area contributed by atoms with Crippen molar-refractivity contribution in [3.8, 4) is 5.75 Å². The van der Waals surface area contributed by atoms with Crippen molar-refractivity contribution in [2.75, 3.05) is 104 Å². The largest absolute Gasteiger partial charge is 0.494 e. The predicted octanol–water partition coefficient (Wildman–Crippen LogP) is 11.9. The molecule has 3 aromatic rings. The fourth-order valence-electron chi connectivity index (χ4n) is 6.32. The summed E-state index contributed by atoms with van der Waals surface area (Å²) in [7, 11) is 4.37. The molecule has 0 aliphatic carbocycles. The standard InChI is InChI=1S/C16H25N.C14H22N2O.C11H16N2.5C2H6/c1-14-5-7-16(8-6-14)4-3-11-17-12-9-15(2)10-13-17;1-15-9-11-16(12-10-15)8-5-13-17-14-6-3-2-4-7-14;1-12-7-9-13(10-8-12)11-5-3-2-4-6-11;5*1-2/h5-8,15H,3-4,9-13H2,1-2H3;2-4,6-7H,5,8-13H2,1H3;2-6H,7-10H2,1H3;5*1-2H3. The average molecular weight is 792 g/mol. The minimum absolute atomic E-state index is 0.816. The van der Waals surface area contributed by atoms with Gasteiger partial charge in [0.05, 0.1) is 6.61 Å². The van der Waals surface area contributed by atoms with E-state index in [-0.39, 0.29) is 0 Å². The Kier molecular flexibility index (Phi) is 39.3. The van der Waals surface area contributed by atoms with Crippen LogP contribution in [-0.4, -0.2) is 119 Å². The van der Waals surface area contributed by atoms with Gasteiger partial charge < -0.3 is 29.2 Å². The normalized spacial score (nSPS) is 15.8. The highest BCUT2D eigenvalue weighted by molar-refractivity contribution is 5.46. The molecule has 328 valence electrons. The number of para-hydroxylation sites is 2. The first kappa shape index (κ1) is 56.2. The zero-order chi connectivity index (χ0) is 43.1. The van der Waals surface area contributed by atoms with Crippen molar-refractivity contribution in [2.45, 2.75) is 115 Å². The van der Waals surface area contributed by atoms with Crippen LogP contribution in [0.5, 0.6) is 5.75 Å². The summed E-state index contributed by atoms with van der Waals surface area (Å²) in [6, 6.07) is 29.7. The highest BCUT2D eigenvalue weighted by Gasteiger charge is 2.15. The topological polar surface area (TPSA) is 25.4 Å². The SMILES string of the molecule is CC.CC.CC.CC.CC.CN1CCN(CCCOc2ccccc2)CC1.CN1CCN(c2ccccc2)CC1.Cc1ccc(CCCN2CCC(C)CC2)cc1. The number of nitrogens with zero attached hydrogens (tertiary/aromatic N) is 5. The van der Waals surface area contributed by atoms with E-state index in [1.54, 1.807) is 0 Å². The van der Waals surface area contributed by atoms with Crippen molar-refractivity contribution in [3.63, 3.8) is 0 Å². The third-order valence-electron chi connectivity index (χ3n) is 9.79. The highest BCUT2D eigenvalue weighted by Crippen LogP contribution is 2.17. The molecule has 0 aromatic heterocycles. The molecule has 3 aliphatic rings. The maximum atomic E-state index is 5.68. The number of likely N-dealkylation sites (N-methyl/N-ethyl adjacent to an activating group) is 2. The second kappa shape index (κ2) is 39.9. The van der Waals surface area contributed by atoms with E-state index in [2.05, 4.69) is 107 Å². The number of rotatable bonds is 10. The van der Waals surface area contributed by atoms with Gasteiger partial charge in [0, 0.05) is 64.6 Å². The summed E-state index contributed by atoms with van der Waals surface area (Å²) in [5.74, 6) is 1.93. The Hall–Kier alpha value is -2.90. The first-order chi connectivity index (χ1) is 27.9. The molecule has 0 unspecified atom stereocenters. The maximum absolute atomic E-state index is 5.68. The number of hydrogen-bond acceptors (Lipinski definition) is 6. The van der Waals surface area contributed by atoms with Gasteiger partial charge in [-0.05, 0) is 109 Å². The third-order valence-corrected chi connectivity index (χ3v) is 9.79. The van der Waals surface area contributed by atoms with Gasteiger partial charge in [-0.2, -0.15) is 0 Å². The number of piperazine rings is 2. The van der Waals surface area contributed by atoms with Gasteiger partial charge in [-0.15, -0.1) is 0 Å². The van der Waals surface area contributed by atoms with E-state index in [1.807, 2.05) is 99.6 Å². The Morgan fingerprint density at radius 1 is 0.509 bits per heavy atom. The van der Waals surface area contributed by atoms with E-state index in [1.165, 1.54) is 101 Å². The van der Waals surface area contributed by atoms with Crippen LogP contribution >= 0.6 is 0 Å². The van der Waals surface area contributed by atoms with Crippen LogP contribution in [0.1, 0.15) is 113 Å². The second-order valence-corrected chi connectivity index (χ2v) is 13.9. The van der Waals surface area contributed by atoms with Crippen LogP contribution < -0.4 is 9.64 Å². The van der Waals surface area contributed by atoms with E-state index in [4.69, 9.17) is 4.74 Å². The van der Waals surface area contributed by atoms with E-state index in [0.29, 0.717) is 0 Å². The smallest absolute Gasteiger partial charge is 0.119 e. The van der Waals surface area contributed by atoms with Gasteiger partial charge in [0.1, 0.15) is 5.75 Å². The van der Waals surface area contributed by atoms with Crippen LogP contribution in [0.15, 0.2) is 84.9 Å². The molecule has 0 saturated carbocycles. The third kappa shape index (κ3) is 28.2. The van der Waals surface area contributed by atoms with Crippen molar-refractivity contribution < 1.29 is 4.74 Å². The molecule has 0 amide bonds. The summed E-state index contributed by atoms with van der Waals surface area (Å²) in [5.41, 5.74) is 4.20. The lowest BCUT2D eigenvalue weighted by atomic mass is 9.99. The molecule has 0 spiro atoms. The number of hydrogen-bond donors (Lipinski definition) is 0. The lowest BCUT2D eigenvalue weighted by molar-refractivity contribution is 0.145. The van der Waals surface area contributed by atoms with Crippen LogP contribution in [-0.2, 0) is 6.42 Å². The number of anilines is 1. The molecule has 6 nitrogen and oxygen atoms in total. The van der Waals surface area contributed by atoms with Gasteiger partial charge >= 0.3 is 0 Å². The fourth-order valence-corrected chi connectivity index (χ4v) is 6.32. The predicted molar refractivity (Wildman–Crippen MR) is 258 cm³/mol. The maximum Gasteiger partial charge on any atom is 0.119 e. The van der Waals surface area contributed by atoms with E-state index in [9.17, 15) is 0 Å². The molecular weight excluding hydrogens is 699 g/mol. The molecule has 0 N–H and O–H groups in total. The van der Waals surface area contributed by atoms with Gasteiger partial charge in [0.15, 0.2) is 0 Å². The molecule has 0 radical (unpaired) electrons. The number of ether oxygens (including phenoxy) is 1. The summed E-state index contributed by atoms with van der Waals surface area (Å²) in [5, 5.41) is 0. The summed E-state index contributed by atoms with van der Waals surface area (Å²) in [4.78, 5) is 12.4. The monoisotopic (exact) mass is 792 g/mol. The van der Waals surface area contributed by atoms with Gasteiger partial charge in [-0.3, -0.25) is 0 Å². The van der Waals surface area contributed by atoms with E-state index >= 15 is 0 Å². The van der Waals surface area contributed by atoms with Crippen molar-refractivity contribution in [2.24, 2.45) is 5.92 Å². The molecule has 3 aromatic carbocycles. The molecule has 3 fully saturated rings. The summed E-state index contributed by atoms with van der Waals surface area (Å²) < 4.78 is 5.68. The molecule has 6 heteroatoms. The number of benzene rings is 3. The Labute approximate surface area is 356 Å². The van der Waals surface area contributed by atoms with E-state index < -0.39 is 0 Å². The van der Waals surface area contributed by atoms with Crippen LogP contribution in [0.2, 0.25) is 0 Å². The minimum atomic E-state index is 0.816. The van der Waals surface area contributed by atoms with E-state index in [0.717, 1.165) is 44.3 Å². The van der Waals surface area contributed by atoms with Crippen LogP contribution in [0.25, 0.3) is 0 Å². The molecular formula is C51H93N5O. The van der Waals surface area contributed by atoms with Crippen molar-refractivity contribution >= 4 is 5.69 Å². The molecule has 0 atom stereocenters. The number of likely N-dealkylation sites (tertiary alicyclic amines) is 1. The fraction of sp³-hybridized carbons (Fsp3) is 0.647. The van der Waals surface area contributed by atoms with Crippen LogP contribution in [0, 0.1) is 12.8 Å². The summed E-state index contributed by atoms with van der Waals surface area (Å²) in [6.45, 7) is 39.8. The van der Waals surface area contributed by atoms with Gasteiger partial charge in [-0.1, -0.05) is 142 Å². The Morgan fingerprint density at radius 3 is 1.46 bits per heavy atom. The first-order valence-electron chi connectivity index (χ1n) is 23.3. The molecule has 3 heterocycles. The molecule has 3 saturated heterocycles. The van der Waals surface area contributed by atoms with Crippen molar-refractivity contribution in [1.82, 2.24) is 19.6 Å². The summed E-state index contributed by atoms with van der Waals surface area (Å²) in [6.07, 6.45) is 6.43. The van der Waals surface area contributed by atoms with Crippen molar-refractivity contribution in [1.29, 1.82) is 0 Å². The second-order valence-electron chi connectivity index (χ2n) is 13.9. The van der Waals surface area contributed by atoms with Crippen molar-refractivity contribution in [3.05, 3.63) is 96.1 Å². The Balaban J connectivity index is 0. The Bertz CT molecular complexity index is 1190.